The first-order valence-corrected chi connectivity index (χ1v) is 8.21. The Kier molecular flexibility index (Phi) is 4.45. The first-order chi connectivity index (χ1) is 11.1. The molecule has 1 aliphatic heterocycles. The molecule has 0 N–H and O–H groups in total. The van der Waals surface area contributed by atoms with Crippen LogP contribution in [-0.2, 0) is 17.8 Å². The van der Waals surface area contributed by atoms with E-state index >= 15 is 0 Å². The van der Waals surface area contributed by atoms with Crippen molar-refractivity contribution in [1.82, 2.24) is 24.8 Å². The van der Waals surface area contributed by atoms with Gasteiger partial charge >= 0.3 is 0 Å². The highest BCUT2D eigenvalue weighted by atomic mass is 16.5. The molecule has 1 atom stereocenters. The smallest absolute Gasteiger partial charge is 0.249 e. The van der Waals surface area contributed by atoms with E-state index in [0.717, 1.165) is 43.6 Å². The first kappa shape index (κ1) is 15.7. The maximum Gasteiger partial charge on any atom is 0.249 e. The maximum atomic E-state index is 12.8. The summed E-state index contributed by atoms with van der Waals surface area (Å²) in [5, 5.41) is 8.34. The van der Waals surface area contributed by atoms with Gasteiger partial charge in [0.2, 0.25) is 11.8 Å². The number of carbonyl (C=O) groups excluding carboxylic acids is 1. The van der Waals surface area contributed by atoms with E-state index < -0.39 is 0 Å². The molecule has 2 aromatic heterocycles. The van der Waals surface area contributed by atoms with E-state index in [-0.39, 0.29) is 18.5 Å². The zero-order chi connectivity index (χ0) is 16.4. The van der Waals surface area contributed by atoms with Crippen LogP contribution in [0.2, 0.25) is 0 Å². The van der Waals surface area contributed by atoms with Crippen LogP contribution in [0.4, 0.5) is 0 Å². The lowest BCUT2D eigenvalue weighted by molar-refractivity contribution is -0.136. The van der Waals surface area contributed by atoms with E-state index in [0.29, 0.717) is 11.7 Å². The Balaban J connectivity index is 1.77. The summed E-state index contributed by atoms with van der Waals surface area (Å²) in [5.74, 6) is 1.30. The molecule has 3 rings (SSSR count). The Labute approximate surface area is 135 Å². The molecule has 0 spiro atoms. The number of hydrogen-bond acceptors (Lipinski definition) is 5. The molecule has 7 heteroatoms. The van der Waals surface area contributed by atoms with Gasteiger partial charge in [0, 0.05) is 18.7 Å². The van der Waals surface area contributed by atoms with E-state index in [1.165, 1.54) is 0 Å². The second-order valence-electron chi connectivity index (χ2n) is 6.09. The molecule has 0 bridgehead atoms. The van der Waals surface area contributed by atoms with Gasteiger partial charge in [0.1, 0.15) is 12.6 Å². The van der Waals surface area contributed by atoms with Crippen LogP contribution in [0.25, 0.3) is 0 Å². The number of rotatable bonds is 4. The summed E-state index contributed by atoms with van der Waals surface area (Å²) in [4.78, 5) is 19.1. The van der Waals surface area contributed by atoms with Crippen LogP contribution in [0.5, 0.6) is 0 Å². The van der Waals surface area contributed by atoms with Crippen LogP contribution in [0.3, 0.4) is 0 Å². The van der Waals surface area contributed by atoms with Crippen LogP contribution < -0.4 is 0 Å². The number of amides is 1. The molecule has 2 aromatic rings. The fourth-order valence-corrected chi connectivity index (χ4v) is 3.09. The minimum absolute atomic E-state index is 0.0529. The van der Waals surface area contributed by atoms with E-state index in [1.807, 2.05) is 31.7 Å². The van der Waals surface area contributed by atoms with Gasteiger partial charge in [0.05, 0.1) is 5.69 Å². The lowest BCUT2D eigenvalue weighted by atomic mass is 10.0. The molecule has 0 saturated carbocycles. The summed E-state index contributed by atoms with van der Waals surface area (Å²) in [6.45, 7) is 6.87. The van der Waals surface area contributed by atoms with E-state index in [4.69, 9.17) is 4.52 Å². The largest absolute Gasteiger partial charge is 0.337 e. The average molecular weight is 317 g/mol. The third-order valence-corrected chi connectivity index (χ3v) is 4.30. The standard InChI is InChI=1S/C16H23N5O2/c1-4-14-17-16(23-19-14)13-7-5-6-8-20(13)15(22)10-21-12(3)9-11(2)18-21/h9,13H,4-8,10H2,1-3H3. The molecule has 3 heterocycles. The van der Waals surface area contributed by atoms with Gasteiger partial charge in [-0.1, -0.05) is 12.1 Å². The lowest BCUT2D eigenvalue weighted by Gasteiger charge is -2.33. The van der Waals surface area contributed by atoms with Gasteiger partial charge < -0.3 is 9.42 Å². The molecule has 124 valence electrons. The van der Waals surface area contributed by atoms with Crippen LogP contribution in [0.15, 0.2) is 10.6 Å². The molecule has 0 aromatic carbocycles. The Morgan fingerprint density at radius 2 is 2.22 bits per heavy atom. The number of aromatic nitrogens is 4. The number of piperidine rings is 1. The summed E-state index contributed by atoms with van der Waals surface area (Å²) in [7, 11) is 0. The Hall–Kier alpha value is -2.18. The third-order valence-electron chi connectivity index (χ3n) is 4.30. The van der Waals surface area contributed by atoms with Crippen molar-refractivity contribution in [2.45, 2.75) is 59.0 Å². The molecule has 0 radical (unpaired) electrons. The molecule has 23 heavy (non-hydrogen) atoms. The summed E-state index contributed by atoms with van der Waals surface area (Å²) in [6.07, 6.45) is 3.68. The fourth-order valence-electron chi connectivity index (χ4n) is 3.09. The van der Waals surface area contributed by atoms with Crippen molar-refractivity contribution in [2.24, 2.45) is 0 Å². The van der Waals surface area contributed by atoms with Gasteiger partial charge in [0.25, 0.3) is 0 Å². The van der Waals surface area contributed by atoms with E-state index in [1.54, 1.807) is 4.68 Å². The van der Waals surface area contributed by atoms with Crippen molar-refractivity contribution < 1.29 is 9.32 Å². The number of hydrogen-bond donors (Lipinski definition) is 0. The van der Waals surface area contributed by atoms with Crippen molar-refractivity contribution in [1.29, 1.82) is 0 Å². The quantitative estimate of drug-likeness (QED) is 0.864. The SMILES string of the molecule is CCc1noc(C2CCCCN2C(=O)Cn2nc(C)cc2C)n1. The summed E-state index contributed by atoms with van der Waals surface area (Å²) >= 11 is 0. The predicted octanol–water partition coefficient (Wildman–Crippen LogP) is 2.20. The van der Waals surface area contributed by atoms with Gasteiger partial charge in [-0.2, -0.15) is 10.1 Å². The Bertz CT molecular complexity index is 690. The Morgan fingerprint density at radius 3 is 2.87 bits per heavy atom. The van der Waals surface area contributed by atoms with Crippen molar-refractivity contribution in [2.75, 3.05) is 6.54 Å². The Morgan fingerprint density at radius 1 is 1.39 bits per heavy atom. The minimum atomic E-state index is -0.110. The topological polar surface area (TPSA) is 77.0 Å². The second kappa shape index (κ2) is 6.52. The van der Waals surface area contributed by atoms with Crippen molar-refractivity contribution in [3.05, 3.63) is 29.2 Å². The van der Waals surface area contributed by atoms with Crippen molar-refractivity contribution in [3.8, 4) is 0 Å². The van der Waals surface area contributed by atoms with Gasteiger partial charge in [-0.15, -0.1) is 0 Å². The maximum absolute atomic E-state index is 12.8. The van der Waals surface area contributed by atoms with Gasteiger partial charge in [0.15, 0.2) is 5.82 Å². The number of aryl methyl sites for hydroxylation is 3. The van der Waals surface area contributed by atoms with Crippen LogP contribution >= 0.6 is 0 Å². The zero-order valence-corrected chi connectivity index (χ0v) is 13.9. The van der Waals surface area contributed by atoms with E-state index in [9.17, 15) is 4.79 Å². The van der Waals surface area contributed by atoms with E-state index in [2.05, 4.69) is 15.2 Å². The molecule has 7 nitrogen and oxygen atoms in total. The number of likely N-dealkylation sites (tertiary alicyclic amines) is 1. The zero-order valence-electron chi connectivity index (χ0n) is 13.9. The highest BCUT2D eigenvalue weighted by Crippen LogP contribution is 2.30. The number of carbonyl (C=O) groups is 1. The monoisotopic (exact) mass is 317 g/mol. The van der Waals surface area contributed by atoms with Crippen LogP contribution in [-0.4, -0.2) is 37.3 Å². The normalized spacial score (nSPS) is 18.4. The summed E-state index contributed by atoms with van der Waals surface area (Å²) in [6, 6.07) is 1.87. The predicted molar refractivity (Wildman–Crippen MR) is 83.7 cm³/mol. The highest BCUT2D eigenvalue weighted by Gasteiger charge is 2.32. The fraction of sp³-hybridized carbons (Fsp3) is 0.625. The van der Waals surface area contributed by atoms with Crippen LogP contribution in [0.1, 0.15) is 55.3 Å². The van der Waals surface area contributed by atoms with Crippen LogP contribution in [0, 0.1) is 13.8 Å². The number of nitrogens with zero attached hydrogens (tertiary/aromatic N) is 5. The molecule has 1 saturated heterocycles. The third kappa shape index (κ3) is 3.28. The molecule has 1 amide bonds. The van der Waals surface area contributed by atoms with Gasteiger partial charge in [-0.05, 0) is 39.2 Å². The first-order valence-electron chi connectivity index (χ1n) is 8.21. The lowest BCUT2D eigenvalue weighted by Crippen LogP contribution is -2.40. The molecular formula is C16H23N5O2. The summed E-state index contributed by atoms with van der Waals surface area (Å²) < 4.78 is 7.13. The second-order valence-corrected chi connectivity index (χ2v) is 6.09. The van der Waals surface area contributed by atoms with Gasteiger partial charge in [-0.25, -0.2) is 0 Å². The molecule has 1 unspecified atom stereocenters. The molecule has 1 aliphatic rings. The summed E-state index contributed by atoms with van der Waals surface area (Å²) in [5.41, 5.74) is 1.92. The average Bonchev–Trinajstić information content (AvgIpc) is 3.14. The van der Waals surface area contributed by atoms with Gasteiger partial charge in [-0.3, -0.25) is 9.48 Å². The molecule has 1 fully saturated rings. The molecular weight excluding hydrogens is 294 g/mol. The minimum Gasteiger partial charge on any atom is -0.337 e. The molecule has 0 aliphatic carbocycles. The van der Waals surface area contributed by atoms with Crippen molar-refractivity contribution >= 4 is 5.91 Å². The highest BCUT2D eigenvalue weighted by molar-refractivity contribution is 5.76. The van der Waals surface area contributed by atoms with Crippen molar-refractivity contribution in [3.63, 3.8) is 0 Å².